The minimum absolute atomic E-state index is 0.849. The van der Waals surface area contributed by atoms with Crippen LogP contribution in [0.25, 0.3) is 44.2 Å². The summed E-state index contributed by atoms with van der Waals surface area (Å²) >= 11 is 1.88. The van der Waals surface area contributed by atoms with Gasteiger partial charge in [-0.15, -0.1) is 11.8 Å². The number of aromatic nitrogens is 3. The molecule has 1 aliphatic rings. The summed E-state index contributed by atoms with van der Waals surface area (Å²) in [4.78, 5) is 6.23. The summed E-state index contributed by atoms with van der Waals surface area (Å²) in [5.41, 5.74) is 7.04. The van der Waals surface area contributed by atoms with Crippen LogP contribution in [-0.4, -0.2) is 22.2 Å². The third-order valence-corrected chi connectivity index (χ3v) is 16.0. The number of thioether (sulfide) groups is 1. The quantitative estimate of drug-likeness (QED) is 0.137. The van der Waals surface area contributed by atoms with Crippen molar-refractivity contribution in [2.24, 2.45) is 0 Å². The normalized spacial score (nSPS) is 12.7. The van der Waals surface area contributed by atoms with E-state index in [1.807, 2.05) is 11.8 Å². The highest BCUT2D eigenvalue weighted by Crippen LogP contribution is 2.40. The molecule has 0 N–H and O–H groups in total. The van der Waals surface area contributed by atoms with Gasteiger partial charge in [-0.2, -0.15) is 0 Å². The lowest BCUT2D eigenvalue weighted by Crippen LogP contribution is -2.74. The van der Waals surface area contributed by atoms with E-state index in [1.165, 1.54) is 58.8 Å². The van der Waals surface area contributed by atoms with Gasteiger partial charge < -0.3 is 4.57 Å². The Morgan fingerprint density at radius 2 is 1.06 bits per heavy atom. The van der Waals surface area contributed by atoms with Gasteiger partial charge in [0.05, 0.1) is 33.5 Å². The molecular formula is C44H31N3SSi. The second-order valence-corrected chi connectivity index (χ2v) is 17.6. The highest BCUT2D eigenvalue weighted by molar-refractivity contribution is 7.98. The summed E-state index contributed by atoms with van der Waals surface area (Å²) in [7, 11) is -2.70. The van der Waals surface area contributed by atoms with Crippen molar-refractivity contribution in [2.75, 3.05) is 0 Å². The van der Waals surface area contributed by atoms with Crippen molar-refractivity contribution < 1.29 is 0 Å². The molecular weight excluding hydrogens is 631 g/mol. The van der Waals surface area contributed by atoms with Gasteiger partial charge in [-0.1, -0.05) is 133 Å². The highest BCUT2D eigenvalue weighted by Gasteiger charge is 2.41. The van der Waals surface area contributed by atoms with Crippen LogP contribution in [0.3, 0.4) is 0 Å². The summed E-state index contributed by atoms with van der Waals surface area (Å²) in [5.74, 6) is 1.96. The molecule has 5 heteroatoms. The van der Waals surface area contributed by atoms with Crippen LogP contribution in [0.1, 0.15) is 5.82 Å². The molecule has 0 unspecified atom stereocenters. The standard InChI is InChI=1S/C44H31N3SSi/c1-4-14-32(15-5-1)49(33-16-6-2-7-17-33,34-18-8-3-9-19-34)35-25-26-37-36-20-10-12-22-39(36)46(42(37)29-35)31-24-27-41-43(28-31)48-30-44-45-38-21-11-13-23-40(38)47(41)44/h1-29H,30H2. The first-order chi connectivity index (χ1) is 24.3. The number of fused-ring (bicyclic) bond motifs is 8. The zero-order valence-corrected chi connectivity index (χ0v) is 28.5. The largest absolute Gasteiger partial charge is 0.309 e. The van der Waals surface area contributed by atoms with Gasteiger partial charge in [-0.25, -0.2) is 4.98 Å². The van der Waals surface area contributed by atoms with Crippen molar-refractivity contribution in [3.8, 4) is 11.4 Å². The van der Waals surface area contributed by atoms with Crippen LogP contribution < -0.4 is 20.7 Å². The summed E-state index contributed by atoms with van der Waals surface area (Å²) in [5, 5.41) is 8.04. The van der Waals surface area contributed by atoms with Gasteiger partial charge in [0, 0.05) is 21.4 Å². The number of benzene rings is 7. The molecule has 232 valence electrons. The maximum Gasteiger partial charge on any atom is 0.179 e. The predicted molar refractivity (Wildman–Crippen MR) is 209 cm³/mol. The van der Waals surface area contributed by atoms with E-state index in [9.17, 15) is 0 Å². The molecule has 1 aliphatic heterocycles. The minimum Gasteiger partial charge on any atom is -0.309 e. The van der Waals surface area contributed by atoms with Crippen molar-refractivity contribution >= 4 is 73.4 Å². The average Bonchev–Trinajstić information content (AvgIpc) is 3.72. The van der Waals surface area contributed by atoms with Gasteiger partial charge in [0.15, 0.2) is 8.07 Å². The monoisotopic (exact) mass is 661 g/mol. The molecule has 0 aliphatic carbocycles. The number of hydrogen-bond acceptors (Lipinski definition) is 2. The summed E-state index contributed by atoms with van der Waals surface area (Å²) in [6.45, 7) is 0. The summed E-state index contributed by atoms with van der Waals surface area (Å²) in [6, 6.07) is 65.1. The third kappa shape index (κ3) is 4.26. The number of rotatable bonds is 5. The van der Waals surface area contributed by atoms with E-state index in [0.29, 0.717) is 0 Å². The highest BCUT2D eigenvalue weighted by atomic mass is 32.2. The van der Waals surface area contributed by atoms with Crippen LogP contribution in [0.4, 0.5) is 0 Å². The molecule has 0 radical (unpaired) electrons. The first kappa shape index (κ1) is 28.4. The fourth-order valence-corrected chi connectivity index (χ4v) is 13.8. The molecule has 0 saturated heterocycles. The number of hydrogen-bond donors (Lipinski definition) is 0. The molecule has 0 fully saturated rings. The maximum absolute atomic E-state index is 4.95. The van der Waals surface area contributed by atoms with E-state index in [2.05, 4.69) is 185 Å². The van der Waals surface area contributed by atoms with Crippen molar-refractivity contribution in [1.82, 2.24) is 14.1 Å². The zero-order valence-electron chi connectivity index (χ0n) is 26.7. The Hall–Kier alpha value is -5.62. The third-order valence-electron chi connectivity index (χ3n) is 10.2. The van der Waals surface area contributed by atoms with Crippen LogP contribution in [0.15, 0.2) is 181 Å². The fourth-order valence-electron chi connectivity index (χ4n) is 8.07. The van der Waals surface area contributed by atoms with E-state index >= 15 is 0 Å². The Morgan fingerprint density at radius 1 is 0.469 bits per heavy atom. The SMILES string of the molecule is c1ccc([Si](c2ccccc2)(c2ccccc2)c2ccc3c4ccccc4n(-c4ccc5c(c4)SCc4nc6ccccc6n4-5)c3c2)cc1. The van der Waals surface area contributed by atoms with Gasteiger partial charge in [-0.05, 0) is 63.2 Å². The van der Waals surface area contributed by atoms with Crippen molar-refractivity contribution in [1.29, 1.82) is 0 Å². The van der Waals surface area contributed by atoms with Gasteiger partial charge in [-0.3, -0.25) is 4.57 Å². The molecule has 3 heterocycles. The molecule has 0 saturated carbocycles. The molecule has 0 spiro atoms. The van der Waals surface area contributed by atoms with Crippen LogP contribution >= 0.6 is 11.8 Å². The second-order valence-electron chi connectivity index (χ2n) is 12.7. The van der Waals surface area contributed by atoms with E-state index in [-0.39, 0.29) is 0 Å². The zero-order chi connectivity index (χ0) is 32.4. The maximum atomic E-state index is 4.95. The summed E-state index contributed by atoms with van der Waals surface area (Å²) < 4.78 is 4.82. The van der Waals surface area contributed by atoms with Gasteiger partial charge in [0.1, 0.15) is 5.82 Å². The van der Waals surface area contributed by atoms with Gasteiger partial charge in [0.2, 0.25) is 0 Å². The van der Waals surface area contributed by atoms with Gasteiger partial charge >= 0.3 is 0 Å². The molecule has 0 atom stereocenters. The predicted octanol–water partition coefficient (Wildman–Crippen LogP) is 8.11. The van der Waals surface area contributed by atoms with Crippen molar-refractivity contribution in [3.63, 3.8) is 0 Å². The van der Waals surface area contributed by atoms with E-state index in [4.69, 9.17) is 4.98 Å². The van der Waals surface area contributed by atoms with E-state index < -0.39 is 8.07 Å². The lowest BCUT2D eigenvalue weighted by Gasteiger charge is -2.34. The lowest BCUT2D eigenvalue weighted by molar-refractivity contribution is 0.941. The number of imidazole rings is 1. The Bertz CT molecular complexity index is 2560. The molecule has 0 amide bonds. The summed E-state index contributed by atoms with van der Waals surface area (Å²) in [6.07, 6.45) is 0. The smallest absolute Gasteiger partial charge is 0.179 e. The van der Waals surface area contributed by atoms with Crippen LogP contribution in [0.5, 0.6) is 0 Å². The number of nitrogens with zero attached hydrogens (tertiary/aromatic N) is 3. The molecule has 49 heavy (non-hydrogen) atoms. The Labute approximate surface area is 290 Å². The number of para-hydroxylation sites is 3. The minimum atomic E-state index is -2.70. The molecule has 7 aromatic carbocycles. The Kier molecular flexibility index (Phi) is 6.51. The molecule has 10 rings (SSSR count). The Morgan fingerprint density at radius 3 is 1.76 bits per heavy atom. The van der Waals surface area contributed by atoms with Gasteiger partial charge in [0.25, 0.3) is 0 Å². The first-order valence-electron chi connectivity index (χ1n) is 16.7. The van der Waals surface area contributed by atoms with Crippen LogP contribution in [0, 0.1) is 0 Å². The second kappa shape index (κ2) is 11.2. The Balaban J connectivity index is 1.25. The van der Waals surface area contributed by atoms with Crippen molar-refractivity contribution in [3.05, 3.63) is 182 Å². The lowest BCUT2D eigenvalue weighted by atomic mass is 10.1. The van der Waals surface area contributed by atoms with E-state index in [1.54, 1.807) is 0 Å². The molecule has 2 aromatic heterocycles. The molecule has 0 bridgehead atoms. The topological polar surface area (TPSA) is 22.8 Å². The van der Waals surface area contributed by atoms with E-state index in [0.717, 1.165) is 22.6 Å². The average molecular weight is 662 g/mol. The van der Waals surface area contributed by atoms with Crippen LogP contribution in [-0.2, 0) is 5.75 Å². The molecule has 3 nitrogen and oxygen atoms in total. The fraction of sp³-hybridized carbons (Fsp3) is 0.0227. The molecule has 9 aromatic rings. The van der Waals surface area contributed by atoms with Crippen molar-refractivity contribution in [2.45, 2.75) is 10.6 Å². The van der Waals surface area contributed by atoms with Crippen LogP contribution in [0.2, 0.25) is 0 Å². The first-order valence-corrected chi connectivity index (χ1v) is 19.7.